The zero-order chi connectivity index (χ0) is 19.7. The molecule has 1 aromatic rings. The molecule has 146 valence electrons. The number of hydrogen-bond donors (Lipinski definition) is 3. The summed E-state index contributed by atoms with van der Waals surface area (Å²) >= 11 is 3.39. The third-order valence-electron chi connectivity index (χ3n) is 3.49. The molecule has 1 fully saturated rings. The Morgan fingerprint density at radius 2 is 1.81 bits per heavy atom. The number of benzene rings is 1. The van der Waals surface area contributed by atoms with Crippen LogP contribution in [0.4, 0.5) is 13.2 Å². The lowest BCUT2D eigenvalue weighted by atomic mass is 10.1. The number of piperidine rings is 1. The molecule has 0 spiro atoms. The molecule has 2 rings (SSSR count). The first-order chi connectivity index (χ1) is 12.1. The van der Waals surface area contributed by atoms with Gasteiger partial charge in [0, 0.05) is 5.33 Å². The summed E-state index contributed by atoms with van der Waals surface area (Å²) in [6.45, 7) is 1.96. The first-order valence-corrected chi connectivity index (χ1v) is 8.87. The van der Waals surface area contributed by atoms with E-state index in [0.717, 1.165) is 49.0 Å². The van der Waals surface area contributed by atoms with Crippen LogP contribution in [0.1, 0.15) is 28.8 Å². The fourth-order valence-electron chi connectivity index (χ4n) is 2.22. The van der Waals surface area contributed by atoms with Gasteiger partial charge in [-0.05, 0) is 56.1 Å². The summed E-state index contributed by atoms with van der Waals surface area (Å²) in [4.78, 5) is 19.9. The van der Waals surface area contributed by atoms with Gasteiger partial charge in [0.05, 0.1) is 5.56 Å². The molecule has 6 nitrogen and oxygen atoms in total. The molecule has 10 heteroatoms. The van der Waals surface area contributed by atoms with Crippen LogP contribution in [0.2, 0.25) is 0 Å². The molecule has 3 N–H and O–H groups in total. The number of carboxylic acids is 2. The van der Waals surface area contributed by atoms with Crippen LogP contribution in [-0.2, 0) is 11.2 Å². The summed E-state index contributed by atoms with van der Waals surface area (Å²) < 4.78 is 37.8. The second kappa shape index (κ2) is 10.4. The highest BCUT2D eigenvalue weighted by atomic mass is 79.9. The van der Waals surface area contributed by atoms with Gasteiger partial charge in [0.15, 0.2) is 0 Å². The van der Waals surface area contributed by atoms with Crippen LogP contribution in [0.15, 0.2) is 18.2 Å². The van der Waals surface area contributed by atoms with Crippen LogP contribution in [0.25, 0.3) is 0 Å². The van der Waals surface area contributed by atoms with Gasteiger partial charge in [0.1, 0.15) is 11.9 Å². The summed E-state index contributed by atoms with van der Waals surface area (Å²) in [5.41, 5.74) is 1.27. The van der Waals surface area contributed by atoms with Crippen molar-refractivity contribution in [3.8, 4) is 5.75 Å². The summed E-state index contributed by atoms with van der Waals surface area (Å²) in [6.07, 6.45) is -2.10. The SMILES string of the molecule is O=C(O)C(F)(F)F.O=C(O)c1ccc(OC2CCNCC2)c(CCBr)c1. The predicted molar refractivity (Wildman–Crippen MR) is 91.1 cm³/mol. The summed E-state index contributed by atoms with van der Waals surface area (Å²) in [6, 6.07) is 5.10. The van der Waals surface area contributed by atoms with Crippen molar-refractivity contribution in [2.45, 2.75) is 31.5 Å². The van der Waals surface area contributed by atoms with E-state index in [4.69, 9.17) is 19.7 Å². The van der Waals surface area contributed by atoms with Crippen LogP contribution >= 0.6 is 15.9 Å². The van der Waals surface area contributed by atoms with E-state index in [-0.39, 0.29) is 6.10 Å². The Morgan fingerprint density at radius 1 is 1.23 bits per heavy atom. The van der Waals surface area contributed by atoms with Gasteiger partial charge >= 0.3 is 18.1 Å². The molecule has 0 bridgehead atoms. The molecule has 0 radical (unpaired) electrons. The number of aromatic carboxylic acids is 1. The maximum absolute atomic E-state index is 11.0. The first kappa shape index (κ1) is 22.2. The highest BCUT2D eigenvalue weighted by molar-refractivity contribution is 9.09. The molecule has 1 aliphatic rings. The summed E-state index contributed by atoms with van der Waals surface area (Å²) in [7, 11) is 0. The number of aliphatic carboxylic acids is 1. The third-order valence-corrected chi connectivity index (χ3v) is 3.89. The Kier molecular flexibility index (Phi) is 8.86. The van der Waals surface area contributed by atoms with Crippen LogP contribution < -0.4 is 10.1 Å². The highest BCUT2D eigenvalue weighted by Crippen LogP contribution is 2.24. The second-order valence-electron chi connectivity index (χ2n) is 5.44. The predicted octanol–water partition coefficient (Wildman–Crippen LogP) is 3.09. The number of nitrogens with one attached hydrogen (secondary N) is 1. The van der Waals surface area contributed by atoms with Gasteiger partial charge in [0.25, 0.3) is 0 Å². The van der Waals surface area contributed by atoms with Crippen molar-refractivity contribution in [2.24, 2.45) is 0 Å². The number of ether oxygens (including phenoxy) is 1. The van der Waals surface area contributed by atoms with Crippen LogP contribution in [-0.4, -0.2) is 52.9 Å². The zero-order valence-corrected chi connectivity index (χ0v) is 15.3. The number of carbonyl (C=O) groups is 2. The van der Waals surface area contributed by atoms with E-state index in [2.05, 4.69) is 21.2 Å². The van der Waals surface area contributed by atoms with Gasteiger partial charge < -0.3 is 20.3 Å². The standard InChI is InChI=1S/C14H18BrNO3.C2HF3O2/c15-6-3-10-9-11(14(17)18)1-2-13(10)19-12-4-7-16-8-5-12;3-2(4,5)1(6)7/h1-2,9,12,16H,3-8H2,(H,17,18);(H,6,7). The molecule has 0 saturated carbocycles. The van der Waals surface area contributed by atoms with E-state index < -0.39 is 18.1 Å². The lowest BCUT2D eigenvalue weighted by Crippen LogP contribution is -2.34. The van der Waals surface area contributed by atoms with Gasteiger partial charge in [-0.15, -0.1) is 0 Å². The van der Waals surface area contributed by atoms with Crippen LogP contribution in [0.5, 0.6) is 5.75 Å². The average Bonchev–Trinajstić information content (AvgIpc) is 2.57. The molecule has 0 amide bonds. The van der Waals surface area contributed by atoms with E-state index >= 15 is 0 Å². The molecular weight excluding hydrogens is 423 g/mol. The topological polar surface area (TPSA) is 95.9 Å². The Labute approximate surface area is 156 Å². The van der Waals surface area contributed by atoms with Gasteiger partial charge in [-0.25, -0.2) is 9.59 Å². The molecule has 1 saturated heterocycles. The molecule has 0 atom stereocenters. The van der Waals surface area contributed by atoms with Crippen molar-refractivity contribution in [1.29, 1.82) is 0 Å². The zero-order valence-electron chi connectivity index (χ0n) is 13.7. The van der Waals surface area contributed by atoms with Crippen molar-refractivity contribution in [3.63, 3.8) is 0 Å². The number of carboxylic acid groups (broad SMARTS) is 2. The lowest BCUT2D eigenvalue weighted by molar-refractivity contribution is -0.192. The van der Waals surface area contributed by atoms with E-state index in [1.807, 2.05) is 0 Å². The quantitative estimate of drug-likeness (QED) is 0.607. The smallest absolute Gasteiger partial charge is 0.490 e. The van der Waals surface area contributed by atoms with E-state index in [1.54, 1.807) is 18.2 Å². The fourth-order valence-corrected chi connectivity index (χ4v) is 2.64. The maximum Gasteiger partial charge on any atom is 0.490 e. The number of aryl methyl sites for hydroxylation is 1. The Morgan fingerprint density at radius 3 is 2.27 bits per heavy atom. The van der Waals surface area contributed by atoms with E-state index in [1.165, 1.54) is 0 Å². The number of alkyl halides is 4. The monoisotopic (exact) mass is 441 g/mol. The molecule has 26 heavy (non-hydrogen) atoms. The normalized spacial score (nSPS) is 14.9. The summed E-state index contributed by atoms with van der Waals surface area (Å²) in [5.74, 6) is -2.84. The van der Waals surface area contributed by atoms with Crippen LogP contribution in [0, 0.1) is 0 Å². The Balaban J connectivity index is 0.000000412. The van der Waals surface area contributed by atoms with Crippen molar-refractivity contribution in [3.05, 3.63) is 29.3 Å². The molecule has 0 aromatic heterocycles. The lowest BCUT2D eigenvalue weighted by Gasteiger charge is -2.25. The highest BCUT2D eigenvalue weighted by Gasteiger charge is 2.38. The van der Waals surface area contributed by atoms with Gasteiger partial charge in [-0.3, -0.25) is 0 Å². The number of rotatable bonds is 5. The van der Waals surface area contributed by atoms with Crippen molar-refractivity contribution in [1.82, 2.24) is 5.32 Å². The minimum Gasteiger partial charge on any atom is -0.490 e. The molecule has 0 aliphatic carbocycles. The average molecular weight is 442 g/mol. The minimum atomic E-state index is -5.08. The Bertz CT molecular complexity index is 618. The molecule has 0 unspecified atom stereocenters. The fraction of sp³-hybridized carbons (Fsp3) is 0.500. The Hall–Kier alpha value is -1.81. The largest absolute Gasteiger partial charge is 0.490 e. The number of halogens is 4. The van der Waals surface area contributed by atoms with Crippen molar-refractivity contribution < 1.29 is 37.7 Å². The maximum atomic E-state index is 11.0. The molecule has 1 aliphatic heterocycles. The van der Waals surface area contributed by atoms with Crippen molar-refractivity contribution >= 4 is 27.9 Å². The van der Waals surface area contributed by atoms with E-state index in [0.29, 0.717) is 5.56 Å². The second-order valence-corrected chi connectivity index (χ2v) is 6.23. The van der Waals surface area contributed by atoms with Gasteiger partial charge in [0.2, 0.25) is 0 Å². The summed E-state index contributed by atoms with van der Waals surface area (Å²) in [5, 5.41) is 20.2. The molecule has 1 heterocycles. The minimum absolute atomic E-state index is 0.228. The van der Waals surface area contributed by atoms with Crippen molar-refractivity contribution in [2.75, 3.05) is 18.4 Å². The number of hydrogen-bond acceptors (Lipinski definition) is 4. The van der Waals surface area contributed by atoms with Gasteiger partial charge in [-0.1, -0.05) is 15.9 Å². The molecular formula is C16H19BrF3NO5. The third kappa shape index (κ3) is 7.61. The molecule has 1 aromatic carbocycles. The van der Waals surface area contributed by atoms with Crippen LogP contribution in [0.3, 0.4) is 0 Å². The van der Waals surface area contributed by atoms with E-state index in [9.17, 15) is 18.0 Å². The first-order valence-electron chi connectivity index (χ1n) is 7.74. The van der Waals surface area contributed by atoms with Gasteiger partial charge in [-0.2, -0.15) is 13.2 Å².